The van der Waals surface area contributed by atoms with E-state index in [0.29, 0.717) is 69.1 Å². The van der Waals surface area contributed by atoms with Crippen LogP contribution in [-0.2, 0) is 19.0 Å². The van der Waals surface area contributed by atoms with Gasteiger partial charge in [0.1, 0.15) is 41.4 Å². The van der Waals surface area contributed by atoms with Gasteiger partial charge in [0.2, 0.25) is 6.41 Å². The molecule has 13 heteroatoms. The second-order valence-electron chi connectivity index (χ2n) is 14.4. The van der Waals surface area contributed by atoms with Gasteiger partial charge in [0, 0.05) is 43.6 Å². The predicted octanol–water partition coefficient (Wildman–Crippen LogP) is 9.59. The number of halogens is 2. The quantitative estimate of drug-likeness (QED) is 0.0979. The second kappa shape index (κ2) is 28.9. The normalized spacial score (nSPS) is 15.4. The molecule has 3 N–H and O–H groups in total. The number of carbonyl (C=O) groups excluding carboxylic acids is 3. The molecular weight excluding hydrogens is 724 g/mol. The van der Waals surface area contributed by atoms with Gasteiger partial charge in [0.25, 0.3) is 0 Å². The molecule has 0 saturated heterocycles. The molecule has 0 spiro atoms. The highest BCUT2D eigenvalue weighted by Gasteiger charge is 2.31. The SMILES string of the molecule is C=CC.CC.CC(C)(C)OC(=O)NC1CCC1.CC(C)c1ccc(F)cc1OCCOCCNC(=O)OC1CC(NC=O)C1.COc1cc(F)ccc1C(C)C. The molecule has 3 amide bonds. The second-order valence-corrected chi connectivity index (χ2v) is 14.4. The summed E-state index contributed by atoms with van der Waals surface area (Å²) in [6.07, 6.45) is 6.16. The smallest absolute Gasteiger partial charge is 0.407 e. The molecule has 318 valence electrons. The third-order valence-electron chi connectivity index (χ3n) is 7.91. The van der Waals surface area contributed by atoms with E-state index in [-0.39, 0.29) is 41.4 Å². The molecule has 0 aromatic heterocycles. The molecular formula is C43H69F2N3O8. The maximum Gasteiger partial charge on any atom is 0.407 e. The fourth-order valence-electron chi connectivity index (χ4n) is 4.92. The first-order valence-electron chi connectivity index (χ1n) is 19.6. The number of alkyl carbamates (subject to hydrolysis) is 2. The van der Waals surface area contributed by atoms with Crippen molar-refractivity contribution in [2.75, 3.05) is 33.5 Å². The van der Waals surface area contributed by atoms with Crippen LogP contribution in [-0.4, -0.2) is 75.9 Å². The molecule has 0 radical (unpaired) electrons. The fourth-order valence-corrected chi connectivity index (χ4v) is 4.92. The molecule has 2 fully saturated rings. The summed E-state index contributed by atoms with van der Waals surface area (Å²) in [4.78, 5) is 33.0. The minimum Gasteiger partial charge on any atom is -0.496 e. The van der Waals surface area contributed by atoms with Gasteiger partial charge in [-0.1, -0.05) is 59.8 Å². The van der Waals surface area contributed by atoms with E-state index in [9.17, 15) is 23.2 Å². The lowest BCUT2D eigenvalue weighted by molar-refractivity contribution is -0.111. The summed E-state index contributed by atoms with van der Waals surface area (Å²) in [7, 11) is 1.56. The van der Waals surface area contributed by atoms with Gasteiger partial charge in [-0.3, -0.25) is 4.79 Å². The lowest BCUT2D eigenvalue weighted by Gasteiger charge is -2.33. The Morgan fingerprint density at radius 1 is 0.875 bits per heavy atom. The average Bonchev–Trinajstić information content (AvgIpc) is 3.09. The van der Waals surface area contributed by atoms with Crippen LogP contribution in [0.25, 0.3) is 0 Å². The van der Waals surface area contributed by atoms with Gasteiger partial charge in [-0.15, -0.1) is 6.58 Å². The van der Waals surface area contributed by atoms with Crippen LogP contribution in [0.15, 0.2) is 49.1 Å². The van der Waals surface area contributed by atoms with Crippen LogP contribution in [0.4, 0.5) is 18.4 Å². The van der Waals surface area contributed by atoms with E-state index in [0.717, 1.165) is 24.0 Å². The lowest BCUT2D eigenvalue weighted by Crippen LogP contribution is -2.47. The van der Waals surface area contributed by atoms with Crippen LogP contribution in [0, 0.1) is 11.6 Å². The van der Waals surface area contributed by atoms with E-state index in [1.165, 1.54) is 30.7 Å². The van der Waals surface area contributed by atoms with Gasteiger partial charge in [-0.05, 0) is 82.1 Å². The van der Waals surface area contributed by atoms with Crippen LogP contribution < -0.4 is 25.4 Å². The lowest BCUT2D eigenvalue weighted by atomic mass is 9.89. The van der Waals surface area contributed by atoms with Crippen LogP contribution in [0.5, 0.6) is 11.5 Å². The van der Waals surface area contributed by atoms with Crippen molar-refractivity contribution in [2.24, 2.45) is 0 Å². The molecule has 2 aliphatic carbocycles. The van der Waals surface area contributed by atoms with E-state index in [2.05, 4.69) is 36.4 Å². The number of hydrogen-bond acceptors (Lipinski definition) is 8. The number of ether oxygens (including phenoxy) is 5. The zero-order valence-electron chi connectivity index (χ0n) is 35.6. The molecule has 4 rings (SSSR count). The molecule has 0 heterocycles. The van der Waals surface area contributed by atoms with Crippen LogP contribution >= 0.6 is 0 Å². The third-order valence-corrected chi connectivity index (χ3v) is 7.91. The largest absolute Gasteiger partial charge is 0.496 e. The molecule has 0 unspecified atom stereocenters. The van der Waals surface area contributed by atoms with Crippen molar-refractivity contribution >= 4 is 18.6 Å². The fraction of sp³-hybridized carbons (Fsp3) is 0.605. The first-order chi connectivity index (χ1) is 26.5. The number of benzene rings is 2. The van der Waals surface area contributed by atoms with Gasteiger partial charge >= 0.3 is 12.2 Å². The van der Waals surface area contributed by atoms with Crippen molar-refractivity contribution in [1.29, 1.82) is 0 Å². The summed E-state index contributed by atoms with van der Waals surface area (Å²) in [5, 5.41) is 8.05. The minimum atomic E-state index is -0.495. The predicted molar refractivity (Wildman–Crippen MR) is 219 cm³/mol. The Morgan fingerprint density at radius 2 is 1.41 bits per heavy atom. The molecule has 2 aromatic rings. The molecule has 56 heavy (non-hydrogen) atoms. The monoisotopic (exact) mass is 794 g/mol. The van der Waals surface area contributed by atoms with Crippen molar-refractivity contribution < 1.29 is 46.8 Å². The van der Waals surface area contributed by atoms with Crippen molar-refractivity contribution in [3.05, 3.63) is 71.8 Å². The van der Waals surface area contributed by atoms with Gasteiger partial charge in [-0.2, -0.15) is 0 Å². The number of methoxy groups -OCH3 is 1. The molecule has 2 aliphatic rings. The van der Waals surface area contributed by atoms with Crippen molar-refractivity contribution in [3.8, 4) is 11.5 Å². The number of amides is 3. The third kappa shape index (κ3) is 22.9. The number of hydrogen-bond donors (Lipinski definition) is 3. The van der Waals surface area contributed by atoms with E-state index in [4.69, 9.17) is 23.7 Å². The highest BCUT2D eigenvalue weighted by molar-refractivity contribution is 5.68. The Labute approximate surface area is 334 Å². The van der Waals surface area contributed by atoms with Crippen molar-refractivity contribution in [1.82, 2.24) is 16.0 Å². The maximum absolute atomic E-state index is 13.4. The molecule has 0 atom stereocenters. The molecule has 11 nitrogen and oxygen atoms in total. The minimum absolute atomic E-state index is 0.0953. The van der Waals surface area contributed by atoms with Gasteiger partial charge < -0.3 is 39.6 Å². The highest BCUT2D eigenvalue weighted by Crippen LogP contribution is 2.28. The highest BCUT2D eigenvalue weighted by atomic mass is 19.1. The molecule has 0 aliphatic heterocycles. The van der Waals surface area contributed by atoms with Crippen molar-refractivity contribution in [3.63, 3.8) is 0 Å². The number of carbonyl (C=O) groups is 3. The van der Waals surface area contributed by atoms with E-state index in [1.54, 1.807) is 25.3 Å². The van der Waals surface area contributed by atoms with E-state index in [1.807, 2.05) is 55.4 Å². The van der Waals surface area contributed by atoms with Crippen LogP contribution in [0.3, 0.4) is 0 Å². The Balaban J connectivity index is 0.000000862. The first kappa shape index (κ1) is 51.6. The summed E-state index contributed by atoms with van der Waals surface area (Å²) < 4.78 is 52.4. The molecule has 2 saturated carbocycles. The zero-order chi connectivity index (χ0) is 42.7. The maximum atomic E-state index is 13.4. The van der Waals surface area contributed by atoms with Gasteiger partial charge in [0.05, 0.1) is 20.3 Å². The number of nitrogens with one attached hydrogen (secondary N) is 3. The summed E-state index contributed by atoms with van der Waals surface area (Å²) in [6, 6.07) is 9.61. The Morgan fingerprint density at radius 3 is 1.88 bits per heavy atom. The Hall–Kier alpha value is -4.39. The zero-order valence-corrected chi connectivity index (χ0v) is 35.6. The van der Waals surface area contributed by atoms with E-state index >= 15 is 0 Å². The summed E-state index contributed by atoms with van der Waals surface area (Å²) in [5.41, 5.74) is 1.61. The molecule has 2 aromatic carbocycles. The van der Waals surface area contributed by atoms with Gasteiger partial charge in [-0.25, -0.2) is 18.4 Å². The Bertz CT molecular complexity index is 1410. The molecule has 0 bridgehead atoms. The standard InChI is InChI=1S/C19H27FN2O5.C10H13FO.C9H17NO2.C3H6.C2H6/c1-13(2)17-4-3-14(20)9-18(17)26-8-7-25-6-5-21-19(24)27-16-10-15(11-16)22-12-23;1-7(2)9-5-4-8(11)6-10(9)12-3;1-9(2,3)12-8(11)10-7-5-4-6-7;1-3-2;1-2/h3-4,9,12-13,15-16H,5-8,10-11H2,1-2H3,(H,21,24)(H,22,23);4-7H,1-3H3;7H,4-6H2,1-3H3,(H,10,11);3H,1H2,2H3;1-2H3. The Kier molecular flexibility index (Phi) is 26.7. The number of rotatable bonds is 14. The first-order valence-corrected chi connectivity index (χ1v) is 19.6. The summed E-state index contributed by atoms with van der Waals surface area (Å²) in [6.45, 7) is 24.2. The topological polar surface area (TPSA) is 133 Å². The van der Waals surface area contributed by atoms with Crippen LogP contribution in [0.2, 0.25) is 0 Å². The summed E-state index contributed by atoms with van der Waals surface area (Å²) >= 11 is 0. The van der Waals surface area contributed by atoms with Crippen molar-refractivity contribution in [2.45, 2.75) is 137 Å². The average molecular weight is 794 g/mol. The summed E-state index contributed by atoms with van der Waals surface area (Å²) in [5.74, 6) is 1.16. The number of allylic oxidation sites excluding steroid dienone is 1. The van der Waals surface area contributed by atoms with E-state index < -0.39 is 6.09 Å². The van der Waals surface area contributed by atoms with Gasteiger partial charge in [0.15, 0.2) is 0 Å². The van der Waals surface area contributed by atoms with Crippen LogP contribution in [0.1, 0.15) is 124 Å².